The Balaban J connectivity index is 0. The van der Waals surface area contributed by atoms with Gasteiger partial charge in [-0.1, -0.05) is 27.7 Å². The van der Waals surface area contributed by atoms with Gasteiger partial charge in [0.2, 0.25) is 0 Å². The molecule has 0 amide bonds. The summed E-state index contributed by atoms with van der Waals surface area (Å²) < 4.78 is 28.6. The van der Waals surface area contributed by atoms with Crippen LogP contribution in [0.4, 0.5) is 0 Å². The SMILES string of the molecule is CCC[N+](CCC)(CCC)CCC.CS(=O)(=O)[O-]. The molecule has 0 unspecified atom stereocenters. The molecule has 0 spiro atoms. The average molecular weight is 281 g/mol. The molecular weight excluding hydrogens is 250 g/mol. The van der Waals surface area contributed by atoms with E-state index in [1.54, 1.807) is 0 Å². The summed E-state index contributed by atoms with van der Waals surface area (Å²) in [6.45, 7) is 14.8. The lowest BCUT2D eigenvalue weighted by molar-refractivity contribution is -0.928. The Morgan fingerprint density at radius 1 is 0.778 bits per heavy atom. The van der Waals surface area contributed by atoms with Crippen LogP contribution in [0.15, 0.2) is 0 Å². The minimum absolute atomic E-state index is 0.604. The van der Waals surface area contributed by atoms with Gasteiger partial charge in [0.25, 0.3) is 0 Å². The molecule has 18 heavy (non-hydrogen) atoms. The Hall–Kier alpha value is -0.130. The van der Waals surface area contributed by atoms with Crippen molar-refractivity contribution < 1.29 is 17.5 Å². The Bertz CT molecular complexity index is 238. The van der Waals surface area contributed by atoms with Crippen LogP contribution in [-0.4, -0.2) is 49.9 Å². The first kappa shape index (κ1) is 20.2. The van der Waals surface area contributed by atoms with Crippen LogP contribution in [0, 0.1) is 0 Å². The molecule has 4 nitrogen and oxygen atoms in total. The van der Waals surface area contributed by atoms with Crippen molar-refractivity contribution >= 4 is 10.1 Å². The van der Waals surface area contributed by atoms with Crippen LogP contribution in [0.25, 0.3) is 0 Å². The fraction of sp³-hybridized carbons (Fsp3) is 1.00. The maximum absolute atomic E-state index is 9.08. The monoisotopic (exact) mass is 281 g/mol. The Morgan fingerprint density at radius 2 is 0.944 bits per heavy atom. The van der Waals surface area contributed by atoms with Crippen LogP contribution >= 0.6 is 0 Å². The third-order valence-electron chi connectivity index (χ3n) is 2.79. The minimum atomic E-state index is -3.92. The van der Waals surface area contributed by atoms with E-state index >= 15 is 0 Å². The van der Waals surface area contributed by atoms with E-state index in [1.165, 1.54) is 56.3 Å². The van der Waals surface area contributed by atoms with Gasteiger partial charge in [-0.25, -0.2) is 8.42 Å². The molecule has 5 heteroatoms. The van der Waals surface area contributed by atoms with E-state index in [0.29, 0.717) is 6.26 Å². The molecule has 0 radical (unpaired) electrons. The average Bonchev–Trinajstić information content (AvgIpc) is 2.16. The Kier molecular flexibility index (Phi) is 12.1. The molecule has 0 aromatic rings. The maximum Gasteiger partial charge on any atom is 0.0916 e. The van der Waals surface area contributed by atoms with Gasteiger partial charge in [0.1, 0.15) is 0 Å². The molecule has 0 saturated carbocycles. The van der Waals surface area contributed by atoms with Crippen LogP contribution in [0.3, 0.4) is 0 Å². The second kappa shape index (κ2) is 10.8. The van der Waals surface area contributed by atoms with Gasteiger partial charge in [-0.2, -0.15) is 0 Å². The molecular formula is C13H31NO3S. The number of rotatable bonds is 8. The van der Waals surface area contributed by atoms with Crippen molar-refractivity contribution in [2.45, 2.75) is 53.4 Å². The maximum atomic E-state index is 9.08. The summed E-state index contributed by atoms with van der Waals surface area (Å²) in [5.74, 6) is 0. The predicted octanol–water partition coefficient (Wildman–Crippen LogP) is 2.60. The fourth-order valence-electron chi connectivity index (χ4n) is 2.57. The van der Waals surface area contributed by atoms with Crippen molar-refractivity contribution in [3.8, 4) is 0 Å². The zero-order valence-corrected chi connectivity index (χ0v) is 13.6. The van der Waals surface area contributed by atoms with Gasteiger partial charge in [-0.3, -0.25) is 0 Å². The van der Waals surface area contributed by atoms with E-state index in [-0.39, 0.29) is 0 Å². The molecule has 0 bridgehead atoms. The standard InChI is InChI=1S/C12H28N.CH4O3S/c1-5-9-13(10-6-2,11-7-3)12-8-4;1-5(2,3)4/h5-12H2,1-4H3;1H3,(H,2,3,4)/q+1;/p-1. The summed E-state index contributed by atoms with van der Waals surface area (Å²) in [7, 11) is -3.92. The zero-order chi connectivity index (χ0) is 14.7. The van der Waals surface area contributed by atoms with Crippen LogP contribution in [0.1, 0.15) is 53.4 Å². The highest BCUT2D eigenvalue weighted by atomic mass is 32.2. The number of hydrogen-bond donors (Lipinski definition) is 0. The van der Waals surface area contributed by atoms with Crippen molar-refractivity contribution in [2.75, 3.05) is 32.4 Å². The molecule has 0 heterocycles. The van der Waals surface area contributed by atoms with Gasteiger partial charge < -0.3 is 9.04 Å². The van der Waals surface area contributed by atoms with Gasteiger partial charge in [0.05, 0.1) is 36.3 Å². The molecule has 0 aliphatic heterocycles. The molecule has 0 N–H and O–H groups in total. The summed E-state index contributed by atoms with van der Waals surface area (Å²) >= 11 is 0. The first-order valence-corrected chi connectivity index (χ1v) is 8.82. The van der Waals surface area contributed by atoms with E-state index in [9.17, 15) is 0 Å². The van der Waals surface area contributed by atoms with Crippen molar-refractivity contribution in [1.29, 1.82) is 0 Å². The highest BCUT2D eigenvalue weighted by Crippen LogP contribution is 2.12. The van der Waals surface area contributed by atoms with Crippen LogP contribution in [-0.2, 0) is 10.1 Å². The third kappa shape index (κ3) is 13.9. The molecule has 0 fully saturated rings. The summed E-state index contributed by atoms with van der Waals surface area (Å²) in [4.78, 5) is 0. The second-order valence-electron chi connectivity index (χ2n) is 4.94. The van der Waals surface area contributed by atoms with Gasteiger partial charge in [-0.05, 0) is 25.7 Å². The van der Waals surface area contributed by atoms with Gasteiger partial charge in [0, 0.05) is 6.26 Å². The lowest BCUT2D eigenvalue weighted by atomic mass is 10.2. The number of quaternary nitrogens is 1. The largest absolute Gasteiger partial charge is 0.748 e. The van der Waals surface area contributed by atoms with Gasteiger partial charge in [-0.15, -0.1) is 0 Å². The molecule has 0 atom stereocenters. The minimum Gasteiger partial charge on any atom is -0.748 e. The quantitative estimate of drug-likeness (QED) is 0.507. The van der Waals surface area contributed by atoms with Crippen molar-refractivity contribution in [2.24, 2.45) is 0 Å². The molecule has 0 aromatic heterocycles. The number of nitrogens with zero attached hydrogens (tertiary/aromatic N) is 1. The van der Waals surface area contributed by atoms with Gasteiger partial charge >= 0.3 is 0 Å². The zero-order valence-electron chi connectivity index (χ0n) is 12.7. The first-order chi connectivity index (χ1) is 8.24. The number of hydrogen-bond acceptors (Lipinski definition) is 3. The van der Waals surface area contributed by atoms with E-state index < -0.39 is 10.1 Å². The second-order valence-corrected chi connectivity index (χ2v) is 6.35. The van der Waals surface area contributed by atoms with Crippen LogP contribution < -0.4 is 0 Å². The molecule has 0 aromatic carbocycles. The van der Waals surface area contributed by atoms with Crippen molar-refractivity contribution in [3.05, 3.63) is 0 Å². The summed E-state index contributed by atoms with van der Waals surface area (Å²) in [5.41, 5.74) is 0. The van der Waals surface area contributed by atoms with Crippen molar-refractivity contribution in [3.63, 3.8) is 0 Å². The Morgan fingerprint density at radius 3 is 1.06 bits per heavy atom. The molecule has 0 saturated heterocycles. The molecule has 0 rings (SSSR count). The lowest BCUT2D eigenvalue weighted by Gasteiger charge is -2.38. The summed E-state index contributed by atoms with van der Waals surface area (Å²) in [6.07, 6.45) is 5.94. The topological polar surface area (TPSA) is 57.2 Å². The van der Waals surface area contributed by atoms with E-state index in [0.717, 1.165) is 0 Å². The van der Waals surface area contributed by atoms with E-state index in [2.05, 4.69) is 27.7 Å². The summed E-state index contributed by atoms with van der Waals surface area (Å²) in [6, 6.07) is 0. The fourth-order valence-corrected chi connectivity index (χ4v) is 2.57. The van der Waals surface area contributed by atoms with Crippen LogP contribution in [0.2, 0.25) is 0 Å². The van der Waals surface area contributed by atoms with Gasteiger partial charge in [0.15, 0.2) is 0 Å². The molecule has 0 aliphatic carbocycles. The van der Waals surface area contributed by atoms with Crippen molar-refractivity contribution in [1.82, 2.24) is 0 Å². The van der Waals surface area contributed by atoms with Crippen LogP contribution in [0.5, 0.6) is 0 Å². The summed E-state index contributed by atoms with van der Waals surface area (Å²) in [5, 5.41) is 0. The first-order valence-electron chi connectivity index (χ1n) is 7.00. The molecule has 112 valence electrons. The lowest BCUT2D eigenvalue weighted by Crippen LogP contribution is -2.50. The highest BCUT2D eigenvalue weighted by Gasteiger charge is 2.22. The Labute approximate surface area is 114 Å². The molecule has 0 aliphatic rings. The normalized spacial score (nSPS) is 11.9. The van der Waals surface area contributed by atoms with E-state index in [1.807, 2.05) is 0 Å². The smallest absolute Gasteiger partial charge is 0.0916 e. The highest BCUT2D eigenvalue weighted by molar-refractivity contribution is 7.84. The third-order valence-corrected chi connectivity index (χ3v) is 2.79. The predicted molar refractivity (Wildman–Crippen MR) is 76.5 cm³/mol. The van der Waals surface area contributed by atoms with E-state index in [4.69, 9.17) is 13.0 Å².